The number of aryl methyl sites for hydroxylation is 1. The fourth-order valence-electron chi connectivity index (χ4n) is 2.71. The number of carbonyl (C=O) groups is 1. The number of rotatable bonds is 4. The Morgan fingerprint density at radius 3 is 2.43 bits per heavy atom. The van der Waals surface area contributed by atoms with E-state index in [9.17, 15) is 9.90 Å². The topological polar surface area (TPSA) is 69.8 Å². The first kappa shape index (κ1) is 16.0. The minimum absolute atomic E-state index is 0.00847. The van der Waals surface area contributed by atoms with E-state index in [2.05, 4.69) is 10.1 Å². The van der Waals surface area contributed by atoms with Gasteiger partial charge in [-0.2, -0.15) is 0 Å². The molecule has 6 nitrogen and oxygen atoms in total. The zero-order chi connectivity index (χ0) is 15.6. The van der Waals surface area contributed by atoms with Crippen molar-refractivity contribution in [1.29, 1.82) is 0 Å². The van der Waals surface area contributed by atoms with Crippen LogP contribution >= 0.6 is 0 Å². The van der Waals surface area contributed by atoms with Crippen LogP contribution in [0.3, 0.4) is 0 Å². The molecule has 1 saturated heterocycles. The normalized spacial score (nSPS) is 18.3. The van der Waals surface area contributed by atoms with Crippen LogP contribution in [0.5, 0.6) is 0 Å². The van der Waals surface area contributed by atoms with Crippen molar-refractivity contribution >= 4 is 5.91 Å². The molecule has 1 aliphatic rings. The van der Waals surface area contributed by atoms with E-state index < -0.39 is 0 Å². The molecule has 0 aromatic carbocycles. The second kappa shape index (κ2) is 6.58. The monoisotopic (exact) mass is 295 g/mol. The van der Waals surface area contributed by atoms with Gasteiger partial charge < -0.3 is 14.5 Å². The lowest BCUT2D eigenvalue weighted by molar-refractivity contribution is 0.0551. The quantitative estimate of drug-likeness (QED) is 0.905. The average Bonchev–Trinajstić information content (AvgIpc) is 2.80. The summed E-state index contributed by atoms with van der Waals surface area (Å²) in [5, 5.41) is 13.4. The molecule has 0 spiro atoms. The van der Waals surface area contributed by atoms with Gasteiger partial charge in [0, 0.05) is 38.6 Å². The Morgan fingerprint density at radius 1 is 1.29 bits per heavy atom. The highest BCUT2D eigenvalue weighted by atomic mass is 16.5. The van der Waals surface area contributed by atoms with Gasteiger partial charge in [0.25, 0.3) is 5.91 Å². The summed E-state index contributed by atoms with van der Waals surface area (Å²) in [6.07, 6.45) is -0.333. The molecule has 2 heterocycles. The van der Waals surface area contributed by atoms with Crippen molar-refractivity contribution < 1.29 is 14.4 Å². The zero-order valence-corrected chi connectivity index (χ0v) is 13.3. The number of carbonyl (C=O) groups excluding carboxylic acids is 1. The molecule has 1 N–H and O–H groups in total. The first-order chi connectivity index (χ1) is 9.90. The van der Waals surface area contributed by atoms with Gasteiger partial charge in [-0.25, -0.2) is 0 Å². The third-order valence-electron chi connectivity index (χ3n) is 3.81. The predicted molar refractivity (Wildman–Crippen MR) is 79.4 cm³/mol. The van der Waals surface area contributed by atoms with Crippen LogP contribution in [-0.4, -0.2) is 64.8 Å². The Morgan fingerprint density at radius 2 is 1.90 bits per heavy atom. The van der Waals surface area contributed by atoms with E-state index in [4.69, 9.17) is 4.52 Å². The van der Waals surface area contributed by atoms with Gasteiger partial charge in [-0.1, -0.05) is 19.0 Å². The summed E-state index contributed by atoms with van der Waals surface area (Å²) in [7, 11) is 0. The molecular formula is C15H25N3O3. The van der Waals surface area contributed by atoms with Crippen LogP contribution in [0, 0.1) is 6.92 Å². The lowest BCUT2D eigenvalue weighted by atomic mass is 10.0. The Hall–Kier alpha value is -1.40. The Kier molecular flexibility index (Phi) is 5.00. The van der Waals surface area contributed by atoms with E-state index in [0.717, 1.165) is 13.1 Å². The highest BCUT2D eigenvalue weighted by Gasteiger charge is 2.29. The Labute approximate surface area is 125 Å². The molecule has 0 saturated carbocycles. The smallest absolute Gasteiger partial charge is 0.259 e. The van der Waals surface area contributed by atoms with Crippen LogP contribution < -0.4 is 0 Å². The van der Waals surface area contributed by atoms with Gasteiger partial charge >= 0.3 is 0 Å². The third kappa shape index (κ3) is 3.63. The summed E-state index contributed by atoms with van der Waals surface area (Å²) in [6, 6.07) is 0. The van der Waals surface area contributed by atoms with Crippen molar-refractivity contribution in [3.63, 3.8) is 0 Å². The van der Waals surface area contributed by atoms with Crippen molar-refractivity contribution in [3.05, 3.63) is 17.0 Å². The van der Waals surface area contributed by atoms with E-state index in [0.29, 0.717) is 36.7 Å². The van der Waals surface area contributed by atoms with Crippen LogP contribution in [0.15, 0.2) is 4.52 Å². The second-order valence-corrected chi connectivity index (χ2v) is 6.10. The van der Waals surface area contributed by atoms with E-state index in [1.54, 1.807) is 6.92 Å². The van der Waals surface area contributed by atoms with E-state index in [1.165, 1.54) is 0 Å². The number of nitrogens with zero attached hydrogens (tertiary/aromatic N) is 3. The molecule has 118 valence electrons. The third-order valence-corrected chi connectivity index (χ3v) is 3.81. The molecule has 6 heteroatoms. The SMILES string of the molecule is Cc1noc(C(C)C)c1C(=O)N1CCN(CC(C)O)CC1. The Bertz CT molecular complexity index is 488. The first-order valence-electron chi connectivity index (χ1n) is 7.56. The van der Waals surface area contributed by atoms with E-state index in [-0.39, 0.29) is 17.9 Å². The van der Waals surface area contributed by atoms with Gasteiger partial charge in [0.05, 0.1) is 11.8 Å². The number of hydrogen-bond donors (Lipinski definition) is 1. The van der Waals surface area contributed by atoms with Crippen molar-refractivity contribution in [2.75, 3.05) is 32.7 Å². The number of piperazine rings is 1. The van der Waals surface area contributed by atoms with Gasteiger partial charge in [0.2, 0.25) is 0 Å². The number of aliphatic hydroxyl groups excluding tert-OH is 1. The van der Waals surface area contributed by atoms with Crippen molar-refractivity contribution in [2.45, 2.75) is 39.7 Å². The molecule has 1 amide bonds. The standard InChI is InChI=1S/C15H25N3O3/c1-10(2)14-13(12(4)16-21-14)15(20)18-7-5-17(6-8-18)9-11(3)19/h10-11,19H,5-9H2,1-4H3. The molecule has 1 aliphatic heterocycles. The summed E-state index contributed by atoms with van der Waals surface area (Å²) < 4.78 is 5.30. The highest BCUT2D eigenvalue weighted by molar-refractivity contribution is 5.96. The summed E-state index contributed by atoms with van der Waals surface area (Å²) >= 11 is 0. The molecule has 0 radical (unpaired) electrons. The number of β-amino-alcohol motifs (C(OH)–C–C–N with tert-alkyl or cyclic N) is 1. The van der Waals surface area contributed by atoms with Gasteiger partial charge in [-0.15, -0.1) is 0 Å². The minimum atomic E-state index is -0.333. The second-order valence-electron chi connectivity index (χ2n) is 6.10. The maximum Gasteiger partial charge on any atom is 0.259 e. The highest BCUT2D eigenvalue weighted by Crippen LogP contribution is 2.24. The molecule has 1 unspecified atom stereocenters. The van der Waals surface area contributed by atoms with Gasteiger partial charge in [-0.05, 0) is 13.8 Å². The predicted octanol–water partition coefficient (Wildman–Crippen LogP) is 1.25. The molecule has 21 heavy (non-hydrogen) atoms. The number of aliphatic hydroxyl groups is 1. The van der Waals surface area contributed by atoms with Crippen molar-refractivity contribution in [1.82, 2.24) is 15.0 Å². The number of amides is 1. The van der Waals surface area contributed by atoms with Crippen LogP contribution in [0.4, 0.5) is 0 Å². The van der Waals surface area contributed by atoms with Gasteiger partial charge in [-0.3, -0.25) is 9.69 Å². The minimum Gasteiger partial charge on any atom is -0.392 e. The van der Waals surface area contributed by atoms with Crippen LogP contribution in [0.1, 0.15) is 48.5 Å². The molecular weight excluding hydrogens is 270 g/mol. The fraction of sp³-hybridized carbons (Fsp3) is 0.733. The van der Waals surface area contributed by atoms with Crippen molar-refractivity contribution in [2.24, 2.45) is 0 Å². The fourth-order valence-corrected chi connectivity index (χ4v) is 2.71. The largest absolute Gasteiger partial charge is 0.392 e. The molecule has 0 bridgehead atoms. The molecule has 1 fully saturated rings. The van der Waals surface area contributed by atoms with Crippen LogP contribution in [0.2, 0.25) is 0 Å². The Balaban J connectivity index is 2.04. The number of aromatic nitrogens is 1. The van der Waals surface area contributed by atoms with Crippen LogP contribution in [0.25, 0.3) is 0 Å². The molecule has 1 aromatic rings. The molecule has 0 aliphatic carbocycles. The van der Waals surface area contributed by atoms with Gasteiger partial charge in [0.15, 0.2) is 5.76 Å². The van der Waals surface area contributed by atoms with Gasteiger partial charge in [0.1, 0.15) is 5.56 Å². The summed E-state index contributed by atoms with van der Waals surface area (Å²) in [6.45, 7) is 11.2. The van der Waals surface area contributed by atoms with E-state index in [1.807, 2.05) is 25.7 Å². The molecule has 1 atom stereocenters. The first-order valence-corrected chi connectivity index (χ1v) is 7.56. The summed E-state index contributed by atoms with van der Waals surface area (Å²) in [5.41, 5.74) is 1.28. The van der Waals surface area contributed by atoms with Crippen LogP contribution in [-0.2, 0) is 0 Å². The maximum absolute atomic E-state index is 12.7. The molecule has 1 aromatic heterocycles. The molecule has 2 rings (SSSR count). The summed E-state index contributed by atoms with van der Waals surface area (Å²) in [4.78, 5) is 16.7. The average molecular weight is 295 g/mol. The maximum atomic E-state index is 12.7. The van der Waals surface area contributed by atoms with Crippen molar-refractivity contribution in [3.8, 4) is 0 Å². The number of hydrogen-bond acceptors (Lipinski definition) is 5. The lowest BCUT2D eigenvalue weighted by Gasteiger charge is -2.35. The van der Waals surface area contributed by atoms with E-state index >= 15 is 0 Å². The lowest BCUT2D eigenvalue weighted by Crippen LogP contribution is -2.50. The summed E-state index contributed by atoms with van der Waals surface area (Å²) in [5.74, 6) is 0.819. The zero-order valence-electron chi connectivity index (χ0n) is 13.3.